The first-order valence-electron chi connectivity index (χ1n) is 21.8. The van der Waals surface area contributed by atoms with E-state index >= 15 is 0 Å². The molecule has 0 radical (unpaired) electrons. The maximum atomic E-state index is 7.14. The van der Waals surface area contributed by atoms with Gasteiger partial charge in [-0.2, -0.15) is 0 Å². The molecule has 0 aromatic rings. The molecule has 0 heterocycles. The summed E-state index contributed by atoms with van der Waals surface area (Å²) in [4.78, 5) is 0. The van der Waals surface area contributed by atoms with Crippen molar-refractivity contribution in [1.82, 2.24) is 0 Å². The highest BCUT2D eigenvalue weighted by molar-refractivity contribution is 6.74. The lowest BCUT2D eigenvalue weighted by molar-refractivity contribution is 0.0524. The molecule has 0 N–H and O–H groups in total. The van der Waals surface area contributed by atoms with Crippen LogP contribution < -0.4 is 0 Å². The molecule has 0 saturated heterocycles. The molecule has 3 aliphatic carbocycles. The van der Waals surface area contributed by atoms with E-state index in [1.165, 1.54) is 74.2 Å². The molecule has 6 heteroatoms. The SMILES string of the molecule is C=C1[C@H](O[Si](C)(C)C(C)(C)C)CC(=C/C=C2\CCC[C@]3(C)[C@@H]([C@@H](C)[C@H](C)CCC(C)(C)O[Si](CC)(CC)CC)CC[C@@H]23)C[C@H]1O[Si](C)(C)C(C)(C)C. The van der Waals surface area contributed by atoms with E-state index in [1.807, 2.05) is 0 Å². The monoisotopic (exact) mass is 773 g/mol. The van der Waals surface area contributed by atoms with E-state index in [2.05, 4.69) is 142 Å². The summed E-state index contributed by atoms with van der Waals surface area (Å²) in [5, 5.41) is 0.312. The van der Waals surface area contributed by atoms with Crippen LogP contribution in [0.4, 0.5) is 0 Å². The van der Waals surface area contributed by atoms with Crippen molar-refractivity contribution in [1.29, 1.82) is 0 Å². The summed E-state index contributed by atoms with van der Waals surface area (Å²) in [6, 6.07) is 3.70. The van der Waals surface area contributed by atoms with Gasteiger partial charge in [-0.05, 0) is 161 Å². The fraction of sp³-hybridized carbons (Fsp3) is 0.870. The number of hydrogen-bond donors (Lipinski definition) is 0. The molecule has 0 unspecified atom stereocenters. The Kier molecular flexibility index (Phi) is 15.2. The van der Waals surface area contributed by atoms with E-state index in [1.54, 1.807) is 5.57 Å². The summed E-state index contributed by atoms with van der Waals surface area (Å²) < 4.78 is 21.3. The summed E-state index contributed by atoms with van der Waals surface area (Å²) in [7, 11) is -5.59. The fourth-order valence-corrected chi connectivity index (χ4v) is 15.5. The largest absolute Gasteiger partial charge is 0.412 e. The minimum atomic E-state index is -1.99. The van der Waals surface area contributed by atoms with Gasteiger partial charge in [-0.1, -0.05) is 113 Å². The Morgan fingerprint density at radius 1 is 0.808 bits per heavy atom. The molecule has 3 aliphatic rings. The first-order valence-corrected chi connectivity index (χ1v) is 30.2. The van der Waals surface area contributed by atoms with Crippen LogP contribution >= 0.6 is 0 Å². The zero-order valence-corrected chi connectivity index (χ0v) is 41.0. The van der Waals surface area contributed by atoms with Crippen LogP contribution in [0.25, 0.3) is 0 Å². The molecular formula is C46H88O3Si3. The topological polar surface area (TPSA) is 27.7 Å². The Balaban J connectivity index is 1.82. The van der Waals surface area contributed by atoms with Crippen molar-refractivity contribution in [3.05, 3.63) is 35.5 Å². The summed E-state index contributed by atoms with van der Waals surface area (Å²) in [6.07, 6.45) is 16.2. The van der Waals surface area contributed by atoms with Gasteiger partial charge in [0, 0.05) is 0 Å². The first kappa shape index (κ1) is 46.1. The average Bonchev–Trinajstić information content (AvgIpc) is 3.39. The predicted molar refractivity (Wildman–Crippen MR) is 237 cm³/mol. The summed E-state index contributed by atoms with van der Waals surface area (Å²) in [6.45, 7) is 47.9. The molecule has 3 saturated carbocycles. The summed E-state index contributed by atoms with van der Waals surface area (Å²) in [5.41, 5.74) is 4.75. The van der Waals surface area contributed by atoms with Gasteiger partial charge < -0.3 is 13.3 Å². The second-order valence-electron chi connectivity index (χ2n) is 21.9. The predicted octanol–water partition coefficient (Wildman–Crippen LogP) is 15.0. The molecule has 0 spiro atoms. The third kappa shape index (κ3) is 10.6. The van der Waals surface area contributed by atoms with Gasteiger partial charge in [0.2, 0.25) is 0 Å². The van der Waals surface area contributed by atoms with Crippen molar-refractivity contribution in [3.63, 3.8) is 0 Å². The standard InChI is InChI=1S/C46H88O3Si3/c1-20-52(21-2,22-3)49-45(13,14)31-29-34(4)35(5)39-27-28-40-38(24-23-30-46(39,40)15)26-25-37-32-41(47-50(16,17)43(7,8)9)36(6)42(33-37)48-51(18,19)44(10,11)12/h25-26,34-35,39-42H,6,20-24,27-33H2,1-5,7-19H3/b38-26+/t34-,35+,39-,40+,41-,42-,46-/m1/s1. The van der Waals surface area contributed by atoms with Crippen LogP contribution in [0.5, 0.6) is 0 Å². The van der Waals surface area contributed by atoms with E-state index in [4.69, 9.17) is 13.3 Å². The van der Waals surface area contributed by atoms with Crippen LogP contribution in [-0.4, -0.2) is 42.8 Å². The van der Waals surface area contributed by atoms with Crippen molar-refractivity contribution in [2.45, 2.75) is 227 Å². The third-order valence-corrected chi connectivity index (χ3v) is 29.8. The third-order valence-electron chi connectivity index (χ3n) is 15.9. The lowest BCUT2D eigenvalue weighted by Crippen LogP contribution is -2.49. The number of fused-ring (bicyclic) bond motifs is 1. The molecule has 302 valence electrons. The Labute approximate surface area is 328 Å². The van der Waals surface area contributed by atoms with Gasteiger partial charge in [-0.25, -0.2) is 0 Å². The Morgan fingerprint density at radius 3 is 1.77 bits per heavy atom. The van der Waals surface area contributed by atoms with Crippen LogP contribution in [0.15, 0.2) is 35.5 Å². The molecule has 0 aliphatic heterocycles. The van der Waals surface area contributed by atoms with Crippen LogP contribution in [0, 0.1) is 29.1 Å². The lowest BCUT2D eigenvalue weighted by atomic mass is 9.59. The second kappa shape index (κ2) is 17.1. The normalized spacial score (nSPS) is 29.0. The second-order valence-corrected chi connectivity index (χ2v) is 36.1. The molecular weight excluding hydrogens is 685 g/mol. The van der Waals surface area contributed by atoms with Gasteiger partial charge in [0.1, 0.15) is 0 Å². The molecule has 3 rings (SSSR count). The van der Waals surface area contributed by atoms with E-state index in [9.17, 15) is 0 Å². The molecule has 7 atom stereocenters. The molecule has 0 aromatic carbocycles. The number of rotatable bonds is 15. The quantitative estimate of drug-likeness (QED) is 0.123. The summed E-state index contributed by atoms with van der Waals surface area (Å²) in [5.74, 6) is 2.96. The van der Waals surface area contributed by atoms with Gasteiger partial charge >= 0.3 is 0 Å². The van der Waals surface area contributed by atoms with Crippen molar-refractivity contribution < 1.29 is 13.3 Å². The molecule has 52 heavy (non-hydrogen) atoms. The highest BCUT2D eigenvalue weighted by Crippen LogP contribution is 2.60. The molecule has 0 aromatic heterocycles. The minimum absolute atomic E-state index is 0.0203. The minimum Gasteiger partial charge on any atom is -0.412 e. The van der Waals surface area contributed by atoms with E-state index in [-0.39, 0.29) is 27.9 Å². The van der Waals surface area contributed by atoms with Crippen LogP contribution in [-0.2, 0) is 13.3 Å². The van der Waals surface area contributed by atoms with Gasteiger partial charge in [-0.3, -0.25) is 0 Å². The van der Waals surface area contributed by atoms with Crippen LogP contribution in [0.2, 0.25) is 54.4 Å². The highest BCUT2D eigenvalue weighted by Gasteiger charge is 2.52. The molecule has 0 bridgehead atoms. The van der Waals surface area contributed by atoms with E-state index in [0.29, 0.717) is 17.3 Å². The fourth-order valence-electron chi connectivity index (χ4n) is 9.67. The van der Waals surface area contributed by atoms with Gasteiger partial charge in [0.05, 0.1) is 17.8 Å². The summed E-state index contributed by atoms with van der Waals surface area (Å²) >= 11 is 0. The van der Waals surface area contributed by atoms with Crippen molar-refractivity contribution in [3.8, 4) is 0 Å². The smallest absolute Gasteiger partial charge is 0.192 e. The molecule has 3 nitrogen and oxygen atoms in total. The molecule has 3 fully saturated rings. The van der Waals surface area contributed by atoms with Gasteiger partial charge in [0.15, 0.2) is 25.0 Å². The molecule has 0 amide bonds. The number of allylic oxidation sites excluding steroid dienone is 3. The van der Waals surface area contributed by atoms with Gasteiger partial charge in [0.25, 0.3) is 0 Å². The number of hydrogen-bond acceptors (Lipinski definition) is 3. The average molecular weight is 773 g/mol. The van der Waals surface area contributed by atoms with Gasteiger partial charge in [-0.15, -0.1) is 0 Å². The van der Waals surface area contributed by atoms with Crippen LogP contribution in [0.3, 0.4) is 0 Å². The van der Waals surface area contributed by atoms with Crippen molar-refractivity contribution in [2.24, 2.45) is 29.1 Å². The van der Waals surface area contributed by atoms with Crippen molar-refractivity contribution in [2.75, 3.05) is 0 Å². The Hall–Kier alpha value is -0.249. The van der Waals surface area contributed by atoms with Crippen LogP contribution in [0.1, 0.15) is 155 Å². The van der Waals surface area contributed by atoms with E-state index < -0.39 is 25.0 Å². The first-order chi connectivity index (χ1) is 23.7. The van der Waals surface area contributed by atoms with E-state index in [0.717, 1.165) is 24.7 Å². The maximum absolute atomic E-state index is 7.14. The lowest BCUT2D eigenvalue weighted by Gasteiger charge is -2.46. The maximum Gasteiger partial charge on any atom is 0.192 e. The zero-order chi connectivity index (χ0) is 39.7. The van der Waals surface area contributed by atoms with Crippen molar-refractivity contribution >= 4 is 25.0 Å². The highest BCUT2D eigenvalue weighted by atomic mass is 28.4. The Bertz CT molecular complexity index is 1210. The Morgan fingerprint density at radius 2 is 1.31 bits per heavy atom. The zero-order valence-electron chi connectivity index (χ0n) is 38.0.